The van der Waals surface area contributed by atoms with Gasteiger partial charge in [0.05, 0.1) is 6.17 Å². The van der Waals surface area contributed by atoms with Gasteiger partial charge in [-0.15, -0.1) is 0 Å². The minimum atomic E-state index is 0.631. The van der Waals surface area contributed by atoms with E-state index >= 15 is 0 Å². The summed E-state index contributed by atoms with van der Waals surface area (Å²) < 4.78 is 0. The van der Waals surface area contributed by atoms with Gasteiger partial charge in [0, 0.05) is 13.1 Å². The van der Waals surface area contributed by atoms with E-state index in [1.54, 1.807) is 0 Å². The second kappa shape index (κ2) is 5.72. The Morgan fingerprint density at radius 1 is 1.21 bits per heavy atom. The molecule has 0 spiro atoms. The standard InChI is InChI=1S/C12H26N2/c1-10(2)8-12-13-6-5-7-14(12)9-11(3)4/h10-13H,5-9H2,1-4H3. The summed E-state index contributed by atoms with van der Waals surface area (Å²) in [5, 5.41) is 3.63. The molecule has 1 unspecified atom stereocenters. The lowest BCUT2D eigenvalue weighted by atomic mass is 10.0. The van der Waals surface area contributed by atoms with E-state index in [-0.39, 0.29) is 0 Å². The second-order valence-electron chi connectivity index (χ2n) is 5.34. The van der Waals surface area contributed by atoms with E-state index in [2.05, 4.69) is 37.9 Å². The van der Waals surface area contributed by atoms with Crippen LogP contribution >= 0.6 is 0 Å². The zero-order valence-corrected chi connectivity index (χ0v) is 10.2. The highest BCUT2D eigenvalue weighted by Crippen LogP contribution is 2.14. The molecule has 84 valence electrons. The van der Waals surface area contributed by atoms with Crippen molar-refractivity contribution in [2.75, 3.05) is 19.6 Å². The quantitative estimate of drug-likeness (QED) is 0.746. The maximum atomic E-state index is 3.63. The molecular formula is C12H26N2. The van der Waals surface area contributed by atoms with Crippen LogP contribution in [0.2, 0.25) is 0 Å². The second-order valence-corrected chi connectivity index (χ2v) is 5.34. The first kappa shape index (κ1) is 12.0. The number of hydrogen-bond donors (Lipinski definition) is 1. The maximum Gasteiger partial charge on any atom is 0.0599 e. The molecule has 2 heteroatoms. The van der Waals surface area contributed by atoms with Gasteiger partial charge in [0.25, 0.3) is 0 Å². The molecule has 1 aliphatic rings. The Morgan fingerprint density at radius 3 is 2.50 bits per heavy atom. The fraction of sp³-hybridized carbons (Fsp3) is 1.00. The van der Waals surface area contributed by atoms with Crippen LogP contribution in [0.3, 0.4) is 0 Å². The van der Waals surface area contributed by atoms with Crippen LogP contribution in [-0.2, 0) is 0 Å². The summed E-state index contributed by atoms with van der Waals surface area (Å²) in [7, 11) is 0. The van der Waals surface area contributed by atoms with Crippen LogP contribution in [0.4, 0.5) is 0 Å². The Hall–Kier alpha value is -0.0800. The van der Waals surface area contributed by atoms with Crippen LogP contribution in [0.15, 0.2) is 0 Å². The fourth-order valence-electron chi connectivity index (χ4n) is 2.20. The largest absolute Gasteiger partial charge is 0.302 e. The molecule has 1 rings (SSSR count). The molecule has 1 N–H and O–H groups in total. The van der Waals surface area contributed by atoms with Crippen molar-refractivity contribution in [1.29, 1.82) is 0 Å². The first-order valence-electron chi connectivity index (χ1n) is 6.07. The summed E-state index contributed by atoms with van der Waals surface area (Å²) in [6, 6.07) is 0. The highest BCUT2D eigenvalue weighted by atomic mass is 15.3. The van der Waals surface area contributed by atoms with E-state index in [0.717, 1.165) is 11.8 Å². The lowest BCUT2D eigenvalue weighted by molar-refractivity contribution is 0.0992. The summed E-state index contributed by atoms with van der Waals surface area (Å²) in [5.41, 5.74) is 0. The zero-order valence-electron chi connectivity index (χ0n) is 10.2. The first-order chi connectivity index (χ1) is 6.59. The first-order valence-corrected chi connectivity index (χ1v) is 6.07. The lowest BCUT2D eigenvalue weighted by Crippen LogP contribution is -2.52. The summed E-state index contributed by atoms with van der Waals surface area (Å²) in [6.45, 7) is 13.0. The summed E-state index contributed by atoms with van der Waals surface area (Å²) in [4.78, 5) is 2.62. The number of nitrogens with one attached hydrogen (secondary N) is 1. The number of rotatable bonds is 4. The van der Waals surface area contributed by atoms with Crippen molar-refractivity contribution in [2.45, 2.75) is 46.7 Å². The summed E-state index contributed by atoms with van der Waals surface area (Å²) >= 11 is 0. The summed E-state index contributed by atoms with van der Waals surface area (Å²) in [5.74, 6) is 1.57. The van der Waals surface area contributed by atoms with E-state index in [1.807, 2.05) is 0 Å². The third-order valence-corrected chi connectivity index (χ3v) is 2.74. The van der Waals surface area contributed by atoms with Crippen LogP contribution < -0.4 is 5.32 Å². The van der Waals surface area contributed by atoms with Crippen LogP contribution in [-0.4, -0.2) is 30.7 Å². The lowest BCUT2D eigenvalue weighted by Gasteiger charge is -2.38. The van der Waals surface area contributed by atoms with Gasteiger partial charge in [-0.25, -0.2) is 0 Å². The molecule has 2 nitrogen and oxygen atoms in total. The molecule has 1 fully saturated rings. The van der Waals surface area contributed by atoms with Crippen molar-refractivity contribution in [3.63, 3.8) is 0 Å². The molecule has 0 aromatic heterocycles. The molecule has 1 saturated heterocycles. The molecule has 0 saturated carbocycles. The Morgan fingerprint density at radius 2 is 1.93 bits per heavy atom. The van der Waals surface area contributed by atoms with E-state index in [0.29, 0.717) is 6.17 Å². The highest BCUT2D eigenvalue weighted by molar-refractivity contribution is 4.76. The summed E-state index contributed by atoms with van der Waals surface area (Å²) in [6.07, 6.45) is 3.22. The molecule has 0 bridgehead atoms. The smallest absolute Gasteiger partial charge is 0.0599 e. The molecule has 0 amide bonds. The number of nitrogens with zero attached hydrogens (tertiary/aromatic N) is 1. The zero-order chi connectivity index (χ0) is 10.6. The Labute approximate surface area is 89.1 Å². The van der Waals surface area contributed by atoms with Gasteiger partial charge >= 0.3 is 0 Å². The maximum absolute atomic E-state index is 3.63. The van der Waals surface area contributed by atoms with E-state index in [1.165, 1.54) is 32.5 Å². The van der Waals surface area contributed by atoms with E-state index in [9.17, 15) is 0 Å². The fourth-order valence-corrected chi connectivity index (χ4v) is 2.20. The number of hydrogen-bond acceptors (Lipinski definition) is 2. The molecule has 1 aliphatic heterocycles. The van der Waals surface area contributed by atoms with Gasteiger partial charge in [-0.3, -0.25) is 4.90 Å². The van der Waals surface area contributed by atoms with Crippen LogP contribution in [0.25, 0.3) is 0 Å². The molecule has 0 radical (unpaired) electrons. The molecule has 1 atom stereocenters. The third kappa shape index (κ3) is 3.97. The van der Waals surface area contributed by atoms with Crippen molar-refractivity contribution in [2.24, 2.45) is 11.8 Å². The predicted molar refractivity (Wildman–Crippen MR) is 62.3 cm³/mol. The van der Waals surface area contributed by atoms with Crippen molar-refractivity contribution in [1.82, 2.24) is 10.2 Å². The highest BCUT2D eigenvalue weighted by Gasteiger charge is 2.22. The van der Waals surface area contributed by atoms with Crippen LogP contribution in [0, 0.1) is 11.8 Å². The van der Waals surface area contributed by atoms with Gasteiger partial charge < -0.3 is 5.32 Å². The van der Waals surface area contributed by atoms with Gasteiger partial charge in [0.1, 0.15) is 0 Å². The van der Waals surface area contributed by atoms with Crippen LogP contribution in [0.1, 0.15) is 40.5 Å². The van der Waals surface area contributed by atoms with Gasteiger partial charge in [0.2, 0.25) is 0 Å². The molecule has 14 heavy (non-hydrogen) atoms. The van der Waals surface area contributed by atoms with Gasteiger partial charge in [-0.2, -0.15) is 0 Å². The van der Waals surface area contributed by atoms with Crippen molar-refractivity contribution in [3.8, 4) is 0 Å². The minimum absolute atomic E-state index is 0.631. The SMILES string of the molecule is CC(C)CC1NCCCN1CC(C)C. The molecule has 0 aliphatic carbocycles. The monoisotopic (exact) mass is 198 g/mol. The Kier molecular flexibility index (Phi) is 4.90. The molecular weight excluding hydrogens is 172 g/mol. The van der Waals surface area contributed by atoms with Crippen LogP contribution in [0.5, 0.6) is 0 Å². The van der Waals surface area contributed by atoms with E-state index < -0.39 is 0 Å². The van der Waals surface area contributed by atoms with Crippen molar-refractivity contribution >= 4 is 0 Å². The van der Waals surface area contributed by atoms with Gasteiger partial charge in [-0.05, 0) is 31.2 Å². The molecule has 1 heterocycles. The molecule has 0 aromatic rings. The Bertz CT molecular complexity index is 136. The topological polar surface area (TPSA) is 15.3 Å². The third-order valence-electron chi connectivity index (χ3n) is 2.74. The van der Waals surface area contributed by atoms with Crippen molar-refractivity contribution in [3.05, 3.63) is 0 Å². The Balaban J connectivity index is 2.41. The van der Waals surface area contributed by atoms with Gasteiger partial charge in [0.15, 0.2) is 0 Å². The van der Waals surface area contributed by atoms with E-state index in [4.69, 9.17) is 0 Å². The average molecular weight is 198 g/mol. The predicted octanol–water partition coefficient (Wildman–Crippen LogP) is 2.31. The average Bonchev–Trinajstić information content (AvgIpc) is 2.06. The minimum Gasteiger partial charge on any atom is -0.302 e. The normalized spacial score (nSPS) is 24.9. The molecule has 0 aromatic carbocycles. The van der Waals surface area contributed by atoms with Crippen molar-refractivity contribution < 1.29 is 0 Å². The van der Waals surface area contributed by atoms with Gasteiger partial charge in [-0.1, -0.05) is 27.7 Å².